The van der Waals surface area contributed by atoms with Crippen LogP contribution in [0, 0.1) is 0 Å². The molecule has 0 unspecified atom stereocenters. The summed E-state index contributed by atoms with van der Waals surface area (Å²) in [6.45, 7) is 4.61. The molecule has 2 heterocycles. The van der Waals surface area contributed by atoms with E-state index in [1.54, 1.807) is 11.3 Å². The second kappa shape index (κ2) is 10.2. The van der Waals surface area contributed by atoms with Crippen LogP contribution in [0.4, 0.5) is 5.13 Å². The maximum atomic E-state index is 6.10. The number of piperazine rings is 1. The summed E-state index contributed by atoms with van der Waals surface area (Å²) in [6.07, 6.45) is 1.84. The minimum absolute atomic E-state index is 0. The number of anilines is 1. The topological polar surface area (TPSA) is 67.0 Å². The van der Waals surface area contributed by atoms with Crippen molar-refractivity contribution in [2.45, 2.75) is 0 Å². The Labute approximate surface area is 177 Å². The highest BCUT2D eigenvalue weighted by Crippen LogP contribution is 2.19. The minimum atomic E-state index is 0. The molecule has 1 aliphatic rings. The van der Waals surface area contributed by atoms with E-state index < -0.39 is 0 Å². The highest BCUT2D eigenvalue weighted by molar-refractivity contribution is 14.0. The third kappa shape index (κ3) is 6.00. The molecule has 25 heavy (non-hydrogen) atoms. The molecule has 1 aromatic heterocycles. The predicted molar refractivity (Wildman–Crippen MR) is 117 cm³/mol. The highest BCUT2D eigenvalue weighted by atomic mass is 127. The van der Waals surface area contributed by atoms with Gasteiger partial charge in [0.2, 0.25) is 0 Å². The van der Waals surface area contributed by atoms with Gasteiger partial charge in [-0.1, -0.05) is 22.0 Å². The molecule has 0 amide bonds. The predicted octanol–water partition coefficient (Wildman–Crippen LogP) is 3.04. The van der Waals surface area contributed by atoms with Gasteiger partial charge in [-0.05, 0) is 18.2 Å². The minimum Gasteiger partial charge on any atom is -0.492 e. The van der Waals surface area contributed by atoms with Crippen molar-refractivity contribution in [3.63, 3.8) is 0 Å². The zero-order valence-electron chi connectivity index (χ0n) is 13.7. The van der Waals surface area contributed by atoms with E-state index in [9.17, 15) is 0 Å². The molecule has 9 heteroatoms. The van der Waals surface area contributed by atoms with Gasteiger partial charge in [-0.15, -0.1) is 35.3 Å². The summed E-state index contributed by atoms with van der Waals surface area (Å²) in [4.78, 5) is 13.2. The molecule has 0 radical (unpaired) electrons. The molecule has 0 bridgehead atoms. The quantitative estimate of drug-likeness (QED) is 0.275. The normalized spacial score (nSPS) is 15.0. The number of benzene rings is 1. The van der Waals surface area contributed by atoms with Gasteiger partial charge in [-0.3, -0.25) is 0 Å². The zero-order valence-corrected chi connectivity index (χ0v) is 18.4. The van der Waals surface area contributed by atoms with E-state index in [4.69, 9.17) is 10.5 Å². The molecule has 6 nitrogen and oxygen atoms in total. The highest BCUT2D eigenvalue weighted by Gasteiger charge is 2.19. The van der Waals surface area contributed by atoms with Crippen LogP contribution in [0.1, 0.15) is 0 Å². The van der Waals surface area contributed by atoms with E-state index in [-0.39, 0.29) is 24.0 Å². The molecular formula is C16H21BrIN5OS. The van der Waals surface area contributed by atoms with Gasteiger partial charge < -0.3 is 20.3 Å². The van der Waals surface area contributed by atoms with Gasteiger partial charge in [-0.2, -0.15) is 0 Å². The lowest BCUT2D eigenvalue weighted by Gasteiger charge is -2.35. The Kier molecular flexibility index (Phi) is 8.24. The van der Waals surface area contributed by atoms with Crippen molar-refractivity contribution < 1.29 is 4.74 Å². The molecule has 0 saturated carbocycles. The number of nitrogens with two attached hydrogens (primary N) is 1. The smallest absolute Gasteiger partial charge is 0.191 e. The van der Waals surface area contributed by atoms with Crippen molar-refractivity contribution >= 4 is 62.3 Å². The summed E-state index contributed by atoms with van der Waals surface area (Å²) < 4.78 is 6.67. The van der Waals surface area contributed by atoms with Crippen molar-refractivity contribution in [1.29, 1.82) is 0 Å². The van der Waals surface area contributed by atoms with E-state index in [2.05, 4.69) is 35.7 Å². The Morgan fingerprint density at radius 2 is 2.12 bits per heavy atom. The fourth-order valence-corrected chi connectivity index (χ4v) is 3.55. The van der Waals surface area contributed by atoms with Crippen molar-refractivity contribution in [1.82, 2.24) is 9.88 Å². The van der Waals surface area contributed by atoms with Crippen LogP contribution < -0.4 is 15.4 Å². The van der Waals surface area contributed by atoms with Crippen LogP contribution in [-0.2, 0) is 0 Å². The number of guanidine groups is 1. The summed E-state index contributed by atoms with van der Waals surface area (Å²) in [5.74, 6) is 1.42. The van der Waals surface area contributed by atoms with Gasteiger partial charge in [0.1, 0.15) is 12.4 Å². The van der Waals surface area contributed by atoms with Gasteiger partial charge >= 0.3 is 0 Å². The summed E-state index contributed by atoms with van der Waals surface area (Å²) in [6, 6.07) is 7.77. The third-order valence-corrected chi connectivity index (χ3v) is 5.05. The number of rotatable bonds is 5. The van der Waals surface area contributed by atoms with Gasteiger partial charge in [0, 0.05) is 42.2 Å². The fourth-order valence-electron chi connectivity index (χ4n) is 2.48. The second-order valence-electron chi connectivity index (χ2n) is 5.33. The van der Waals surface area contributed by atoms with Crippen molar-refractivity contribution in [2.75, 3.05) is 44.2 Å². The fraction of sp³-hybridized carbons (Fsp3) is 0.375. The number of thiazole rings is 1. The molecule has 1 aliphatic heterocycles. The molecule has 2 N–H and O–H groups in total. The molecule has 3 rings (SSSR count). The van der Waals surface area contributed by atoms with Crippen molar-refractivity contribution in [3.8, 4) is 5.75 Å². The number of hydrogen-bond acceptors (Lipinski definition) is 5. The molecule has 2 aromatic rings. The molecular weight excluding hydrogens is 517 g/mol. The van der Waals surface area contributed by atoms with Crippen LogP contribution in [0.3, 0.4) is 0 Å². The molecule has 136 valence electrons. The monoisotopic (exact) mass is 537 g/mol. The zero-order chi connectivity index (χ0) is 16.8. The third-order valence-electron chi connectivity index (χ3n) is 3.72. The molecule has 0 aliphatic carbocycles. The number of aliphatic imine (C=N–C) groups is 1. The Bertz CT molecular complexity index is 677. The molecule has 0 spiro atoms. The van der Waals surface area contributed by atoms with Crippen LogP contribution in [0.5, 0.6) is 5.75 Å². The van der Waals surface area contributed by atoms with Crippen molar-refractivity contribution in [3.05, 3.63) is 40.3 Å². The van der Waals surface area contributed by atoms with Gasteiger partial charge in [-0.25, -0.2) is 9.98 Å². The standard InChI is InChI=1S/C16H20BrN5OS.HI/c17-13-2-1-3-14(12-13)23-10-4-19-15(18)21-6-8-22(9-7-21)16-20-5-11-24-16;/h1-3,5,11-12H,4,6-10H2,(H2,18,19);1H. The number of hydrogen-bond donors (Lipinski definition) is 1. The Morgan fingerprint density at radius 1 is 1.32 bits per heavy atom. The largest absolute Gasteiger partial charge is 0.492 e. The van der Waals surface area contributed by atoms with Crippen molar-refractivity contribution in [2.24, 2.45) is 10.7 Å². The summed E-state index contributed by atoms with van der Waals surface area (Å²) in [5, 5.41) is 3.08. The Hall–Kier alpha value is -1.07. The van der Waals surface area contributed by atoms with Gasteiger partial charge in [0.25, 0.3) is 0 Å². The average molecular weight is 538 g/mol. The number of nitrogens with zero attached hydrogens (tertiary/aromatic N) is 4. The first kappa shape index (κ1) is 20.2. The average Bonchev–Trinajstić information content (AvgIpc) is 3.13. The van der Waals surface area contributed by atoms with Gasteiger partial charge in [0.05, 0.1) is 6.54 Å². The van der Waals surface area contributed by atoms with E-state index in [1.807, 2.05) is 35.8 Å². The number of halogens is 2. The van der Waals surface area contributed by atoms with Gasteiger partial charge in [0.15, 0.2) is 11.1 Å². The maximum Gasteiger partial charge on any atom is 0.191 e. The SMILES string of the molecule is I.NC(=NCCOc1cccc(Br)c1)N1CCN(c2nccs2)CC1. The maximum absolute atomic E-state index is 6.10. The van der Waals surface area contributed by atoms with E-state index in [0.717, 1.165) is 41.5 Å². The molecule has 1 fully saturated rings. The molecule has 0 atom stereocenters. The first-order chi connectivity index (χ1) is 11.7. The second-order valence-corrected chi connectivity index (χ2v) is 7.12. The lowest BCUT2D eigenvalue weighted by Crippen LogP contribution is -2.51. The van der Waals surface area contributed by atoms with E-state index in [0.29, 0.717) is 19.1 Å². The van der Waals surface area contributed by atoms with E-state index >= 15 is 0 Å². The number of aromatic nitrogens is 1. The van der Waals surface area contributed by atoms with Crippen LogP contribution >= 0.6 is 51.2 Å². The Morgan fingerprint density at radius 3 is 2.80 bits per heavy atom. The van der Waals surface area contributed by atoms with Crippen LogP contribution in [0.2, 0.25) is 0 Å². The first-order valence-electron chi connectivity index (χ1n) is 7.80. The Balaban J connectivity index is 0.00000225. The van der Waals surface area contributed by atoms with E-state index in [1.165, 1.54) is 0 Å². The van der Waals surface area contributed by atoms with Crippen LogP contribution in [0.15, 0.2) is 45.3 Å². The lowest BCUT2D eigenvalue weighted by atomic mass is 10.3. The first-order valence-corrected chi connectivity index (χ1v) is 9.47. The number of ether oxygens (including phenoxy) is 1. The van der Waals surface area contributed by atoms with Crippen LogP contribution in [-0.4, -0.2) is 55.2 Å². The summed E-state index contributed by atoms with van der Waals surface area (Å²) in [5.41, 5.74) is 6.10. The summed E-state index contributed by atoms with van der Waals surface area (Å²) >= 11 is 5.09. The molecule has 1 aromatic carbocycles. The van der Waals surface area contributed by atoms with Crippen LogP contribution in [0.25, 0.3) is 0 Å². The summed E-state index contributed by atoms with van der Waals surface area (Å²) in [7, 11) is 0. The lowest BCUT2D eigenvalue weighted by molar-refractivity contribution is 0.326. The molecule has 1 saturated heterocycles.